The molecule has 0 unspecified atom stereocenters. The summed E-state index contributed by atoms with van der Waals surface area (Å²) in [4.78, 5) is 19.2. The molecule has 1 aliphatic heterocycles. The van der Waals surface area contributed by atoms with Gasteiger partial charge in [-0.05, 0) is 67.9 Å². The molecule has 7 heteroatoms. The molecule has 0 bridgehead atoms. The fourth-order valence-electron chi connectivity index (χ4n) is 3.40. The number of nitrogens with zero attached hydrogens (tertiary/aromatic N) is 3. The van der Waals surface area contributed by atoms with E-state index in [1.54, 1.807) is 7.11 Å². The van der Waals surface area contributed by atoms with Crippen LogP contribution in [0.2, 0.25) is 0 Å². The van der Waals surface area contributed by atoms with Crippen LogP contribution in [0, 0.1) is 0 Å². The van der Waals surface area contributed by atoms with Gasteiger partial charge >= 0.3 is 0 Å². The predicted octanol–water partition coefficient (Wildman–Crippen LogP) is 3.27. The Bertz CT molecular complexity index is 945. The van der Waals surface area contributed by atoms with Crippen LogP contribution in [-0.4, -0.2) is 41.1 Å². The maximum atomic E-state index is 12.4. The van der Waals surface area contributed by atoms with E-state index in [0.29, 0.717) is 17.3 Å². The van der Waals surface area contributed by atoms with Crippen LogP contribution in [0.15, 0.2) is 53.1 Å². The summed E-state index contributed by atoms with van der Waals surface area (Å²) >= 11 is 0. The topological polar surface area (TPSA) is 80.5 Å². The second kappa shape index (κ2) is 8.87. The van der Waals surface area contributed by atoms with Crippen LogP contribution >= 0.6 is 0 Å². The van der Waals surface area contributed by atoms with Crippen molar-refractivity contribution >= 4 is 5.91 Å². The van der Waals surface area contributed by atoms with Crippen LogP contribution in [0.5, 0.6) is 5.75 Å². The van der Waals surface area contributed by atoms with Gasteiger partial charge in [0.2, 0.25) is 11.7 Å². The molecule has 0 atom stereocenters. The summed E-state index contributed by atoms with van der Waals surface area (Å²) in [5.41, 5.74) is 2.66. The van der Waals surface area contributed by atoms with Gasteiger partial charge in [-0.3, -0.25) is 9.69 Å². The Morgan fingerprint density at radius 3 is 2.52 bits per heavy atom. The molecule has 1 fully saturated rings. The van der Waals surface area contributed by atoms with E-state index in [9.17, 15) is 4.79 Å². The van der Waals surface area contributed by atoms with Crippen LogP contribution in [0.25, 0.3) is 11.4 Å². The summed E-state index contributed by atoms with van der Waals surface area (Å²) in [7, 11) is 1.62. The number of carbonyl (C=O) groups excluding carboxylic acids is 1. The normalized spacial score (nSPS) is 14.1. The first-order chi connectivity index (χ1) is 14.2. The minimum atomic E-state index is -0.165. The predicted molar refractivity (Wildman–Crippen MR) is 108 cm³/mol. The Morgan fingerprint density at radius 1 is 1.10 bits per heavy atom. The van der Waals surface area contributed by atoms with Gasteiger partial charge in [-0.1, -0.05) is 17.3 Å². The number of likely N-dealkylation sites (tertiary alicyclic amines) is 1. The quantitative estimate of drug-likeness (QED) is 0.665. The lowest BCUT2D eigenvalue weighted by molar-refractivity contribution is 0.0946. The molecule has 7 nitrogen and oxygen atoms in total. The highest BCUT2D eigenvalue weighted by molar-refractivity contribution is 5.94. The number of ether oxygens (including phenoxy) is 1. The summed E-state index contributed by atoms with van der Waals surface area (Å²) in [5, 5.41) is 6.80. The zero-order valence-electron chi connectivity index (χ0n) is 16.4. The Kier molecular flexibility index (Phi) is 5.86. The molecule has 4 rings (SSSR count). The van der Waals surface area contributed by atoms with Gasteiger partial charge in [-0.2, -0.15) is 4.98 Å². The van der Waals surface area contributed by atoms with Gasteiger partial charge in [-0.15, -0.1) is 0 Å². The highest BCUT2D eigenvalue weighted by Crippen LogP contribution is 2.19. The zero-order chi connectivity index (χ0) is 20.1. The van der Waals surface area contributed by atoms with E-state index < -0.39 is 0 Å². The molecule has 3 aromatic rings. The number of carbonyl (C=O) groups is 1. The van der Waals surface area contributed by atoms with Crippen molar-refractivity contribution in [2.45, 2.75) is 25.9 Å². The van der Waals surface area contributed by atoms with Crippen molar-refractivity contribution < 1.29 is 14.1 Å². The van der Waals surface area contributed by atoms with Gasteiger partial charge in [0.25, 0.3) is 5.91 Å². The molecule has 1 aromatic heterocycles. The summed E-state index contributed by atoms with van der Waals surface area (Å²) < 4.78 is 10.4. The fraction of sp³-hybridized carbons (Fsp3) is 0.318. The summed E-state index contributed by atoms with van der Waals surface area (Å²) in [6, 6.07) is 15.1. The Balaban J connectivity index is 1.31. The first-order valence-corrected chi connectivity index (χ1v) is 9.78. The lowest BCUT2D eigenvalue weighted by atomic mass is 10.1. The van der Waals surface area contributed by atoms with Crippen LogP contribution in [0.4, 0.5) is 0 Å². The van der Waals surface area contributed by atoms with Gasteiger partial charge in [0.15, 0.2) is 0 Å². The van der Waals surface area contributed by atoms with Crippen molar-refractivity contribution in [3.63, 3.8) is 0 Å². The smallest absolute Gasteiger partial charge is 0.251 e. The highest BCUT2D eigenvalue weighted by atomic mass is 16.5. The van der Waals surface area contributed by atoms with E-state index in [1.807, 2.05) is 48.5 Å². The van der Waals surface area contributed by atoms with Gasteiger partial charge in [0.1, 0.15) is 5.75 Å². The van der Waals surface area contributed by atoms with Crippen molar-refractivity contribution in [2.75, 3.05) is 20.2 Å². The highest BCUT2D eigenvalue weighted by Gasteiger charge is 2.13. The fourth-order valence-corrected chi connectivity index (χ4v) is 3.40. The minimum absolute atomic E-state index is 0.165. The lowest BCUT2D eigenvalue weighted by Crippen LogP contribution is -2.23. The molecule has 1 N–H and O–H groups in total. The van der Waals surface area contributed by atoms with E-state index in [1.165, 1.54) is 18.4 Å². The average molecular weight is 392 g/mol. The molecule has 0 spiro atoms. The van der Waals surface area contributed by atoms with Gasteiger partial charge < -0.3 is 14.6 Å². The van der Waals surface area contributed by atoms with Crippen molar-refractivity contribution in [1.29, 1.82) is 0 Å². The zero-order valence-corrected chi connectivity index (χ0v) is 16.4. The molecule has 2 heterocycles. The Labute approximate surface area is 169 Å². The van der Waals surface area contributed by atoms with E-state index in [2.05, 4.69) is 20.4 Å². The van der Waals surface area contributed by atoms with Crippen LogP contribution in [-0.2, 0) is 13.1 Å². The van der Waals surface area contributed by atoms with E-state index in [-0.39, 0.29) is 12.5 Å². The number of hydrogen-bond acceptors (Lipinski definition) is 6. The maximum Gasteiger partial charge on any atom is 0.251 e. The lowest BCUT2D eigenvalue weighted by Gasteiger charge is -2.14. The summed E-state index contributed by atoms with van der Waals surface area (Å²) in [5.74, 6) is 1.43. The minimum Gasteiger partial charge on any atom is -0.497 e. The first kappa shape index (κ1) is 19.1. The van der Waals surface area contributed by atoms with Crippen molar-refractivity contribution in [3.05, 3.63) is 65.5 Å². The SMILES string of the molecule is COc1ccc(-c2noc(CNC(=O)c3ccc(CN4CCCC4)cc3)n2)cc1. The number of hydrogen-bond donors (Lipinski definition) is 1. The van der Waals surface area contributed by atoms with Crippen molar-refractivity contribution in [1.82, 2.24) is 20.4 Å². The molecule has 29 heavy (non-hydrogen) atoms. The largest absolute Gasteiger partial charge is 0.497 e. The van der Waals surface area contributed by atoms with Gasteiger partial charge in [0.05, 0.1) is 13.7 Å². The molecular weight excluding hydrogens is 368 g/mol. The Hall–Kier alpha value is -3.19. The standard InChI is InChI=1S/C22H24N4O3/c1-28-19-10-8-17(9-11-19)21-24-20(29-25-21)14-23-22(27)18-6-4-16(5-7-18)15-26-12-2-3-13-26/h4-11H,2-3,12-15H2,1H3,(H,23,27). The molecule has 150 valence electrons. The number of rotatable bonds is 7. The number of methoxy groups -OCH3 is 1. The third kappa shape index (κ3) is 4.81. The molecule has 1 saturated heterocycles. The number of nitrogens with one attached hydrogen (secondary N) is 1. The van der Waals surface area contributed by atoms with E-state index in [0.717, 1.165) is 30.9 Å². The monoisotopic (exact) mass is 392 g/mol. The second-order valence-corrected chi connectivity index (χ2v) is 7.10. The maximum absolute atomic E-state index is 12.4. The first-order valence-electron chi connectivity index (χ1n) is 9.78. The molecule has 2 aromatic carbocycles. The average Bonchev–Trinajstić information content (AvgIpc) is 3.45. The third-order valence-corrected chi connectivity index (χ3v) is 5.04. The van der Waals surface area contributed by atoms with E-state index in [4.69, 9.17) is 9.26 Å². The van der Waals surface area contributed by atoms with Crippen LogP contribution < -0.4 is 10.1 Å². The van der Waals surface area contributed by atoms with Crippen LogP contribution in [0.3, 0.4) is 0 Å². The number of benzene rings is 2. The molecular formula is C22H24N4O3. The number of amides is 1. The molecule has 0 aliphatic carbocycles. The summed E-state index contributed by atoms with van der Waals surface area (Å²) in [6.07, 6.45) is 2.55. The Morgan fingerprint density at radius 2 is 1.83 bits per heavy atom. The van der Waals surface area contributed by atoms with Crippen LogP contribution in [0.1, 0.15) is 34.7 Å². The summed E-state index contributed by atoms with van der Waals surface area (Å²) in [6.45, 7) is 3.44. The second-order valence-electron chi connectivity index (χ2n) is 7.10. The molecule has 0 radical (unpaired) electrons. The molecule has 0 saturated carbocycles. The molecule has 1 amide bonds. The van der Waals surface area contributed by atoms with E-state index >= 15 is 0 Å². The van der Waals surface area contributed by atoms with Crippen molar-refractivity contribution in [2.24, 2.45) is 0 Å². The van der Waals surface area contributed by atoms with Gasteiger partial charge in [-0.25, -0.2) is 0 Å². The third-order valence-electron chi connectivity index (χ3n) is 5.04. The van der Waals surface area contributed by atoms with Crippen molar-refractivity contribution in [3.8, 4) is 17.1 Å². The number of aromatic nitrogens is 2. The van der Waals surface area contributed by atoms with Gasteiger partial charge in [0, 0.05) is 17.7 Å². The molecule has 1 aliphatic rings.